The van der Waals surface area contributed by atoms with E-state index in [1.54, 1.807) is 0 Å². The summed E-state index contributed by atoms with van der Waals surface area (Å²) in [6.45, 7) is 11.3. The Kier molecular flexibility index (Phi) is 7.14. The highest BCUT2D eigenvalue weighted by molar-refractivity contribution is 5.84. The van der Waals surface area contributed by atoms with Gasteiger partial charge in [-0.2, -0.15) is 0 Å². The van der Waals surface area contributed by atoms with Gasteiger partial charge in [0.2, 0.25) is 5.91 Å². The largest absolute Gasteiger partial charge is 0.378 e. The fourth-order valence-electron chi connectivity index (χ4n) is 3.59. The lowest BCUT2D eigenvalue weighted by molar-refractivity contribution is -0.124. The van der Waals surface area contributed by atoms with Gasteiger partial charge in [0.1, 0.15) is 0 Å². The number of carbonyl (C=O) groups is 1. The van der Waals surface area contributed by atoms with Crippen molar-refractivity contribution in [1.82, 2.24) is 5.32 Å². The van der Waals surface area contributed by atoms with E-state index in [-0.39, 0.29) is 11.9 Å². The van der Waals surface area contributed by atoms with Crippen LogP contribution in [0.1, 0.15) is 66.7 Å². The van der Waals surface area contributed by atoms with E-state index in [0.717, 1.165) is 24.7 Å². The Balaban J connectivity index is 2.33. The smallest absolute Gasteiger partial charge is 0.237 e. The van der Waals surface area contributed by atoms with Crippen LogP contribution in [-0.2, 0) is 9.53 Å². The summed E-state index contributed by atoms with van der Waals surface area (Å²) >= 11 is 0. The number of carbonyl (C=O) groups excluding carboxylic acids is 1. The maximum atomic E-state index is 11.7. The molecule has 1 amide bonds. The van der Waals surface area contributed by atoms with Gasteiger partial charge < -0.3 is 15.8 Å². The minimum Gasteiger partial charge on any atom is -0.378 e. The molecule has 0 aromatic rings. The zero-order chi connectivity index (χ0) is 16.0. The van der Waals surface area contributed by atoms with Crippen molar-refractivity contribution in [2.45, 2.75) is 84.4 Å². The zero-order valence-electron chi connectivity index (χ0n) is 14.4. The van der Waals surface area contributed by atoms with Crippen molar-refractivity contribution in [1.29, 1.82) is 0 Å². The SMILES string of the molecule is CC1CC(C)CC(OCCCC(C)(NC(C)C)C(N)=O)C1. The molecule has 0 saturated heterocycles. The predicted molar refractivity (Wildman–Crippen MR) is 87.0 cm³/mol. The van der Waals surface area contributed by atoms with Crippen LogP contribution in [-0.4, -0.2) is 30.2 Å². The Morgan fingerprint density at radius 2 is 1.86 bits per heavy atom. The topological polar surface area (TPSA) is 64.3 Å². The van der Waals surface area contributed by atoms with Gasteiger partial charge in [0, 0.05) is 12.6 Å². The molecule has 0 heterocycles. The molecule has 3 atom stereocenters. The highest BCUT2D eigenvalue weighted by Gasteiger charge is 2.31. The average molecular weight is 298 g/mol. The number of nitrogens with two attached hydrogens (primary N) is 1. The highest BCUT2D eigenvalue weighted by atomic mass is 16.5. The molecule has 0 radical (unpaired) electrons. The second-order valence-electron chi connectivity index (χ2n) is 7.51. The van der Waals surface area contributed by atoms with Gasteiger partial charge >= 0.3 is 0 Å². The van der Waals surface area contributed by atoms with Crippen molar-refractivity contribution >= 4 is 5.91 Å². The Labute approximate surface area is 130 Å². The molecule has 4 heteroatoms. The van der Waals surface area contributed by atoms with E-state index >= 15 is 0 Å². The summed E-state index contributed by atoms with van der Waals surface area (Å²) in [5.74, 6) is 1.24. The first-order valence-corrected chi connectivity index (χ1v) is 8.42. The van der Waals surface area contributed by atoms with E-state index in [4.69, 9.17) is 10.5 Å². The summed E-state index contributed by atoms with van der Waals surface area (Å²) in [5.41, 5.74) is 4.90. The molecule has 3 N–H and O–H groups in total. The Hall–Kier alpha value is -0.610. The quantitative estimate of drug-likeness (QED) is 0.677. The van der Waals surface area contributed by atoms with Gasteiger partial charge in [-0.1, -0.05) is 13.8 Å². The van der Waals surface area contributed by atoms with Crippen LogP contribution in [0.25, 0.3) is 0 Å². The Morgan fingerprint density at radius 3 is 2.33 bits per heavy atom. The lowest BCUT2D eigenvalue weighted by atomic mass is 9.82. The second-order valence-corrected chi connectivity index (χ2v) is 7.51. The van der Waals surface area contributed by atoms with E-state index < -0.39 is 5.54 Å². The fourth-order valence-corrected chi connectivity index (χ4v) is 3.59. The molecule has 124 valence electrons. The molecule has 1 rings (SSSR count). The molecule has 3 unspecified atom stereocenters. The molecule has 0 aromatic heterocycles. The maximum Gasteiger partial charge on any atom is 0.237 e. The van der Waals surface area contributed by atoms with Crippen LogP contribution in [0.4, 0.5) is 0 Å². The van der Waals surface area contributed by atoms with E-state index in [0.29, 0.717) is 12.7 Å². The number of nitrogens with one attached hydrogen (secondary N) is 1. The molecule has 0 bridgehead atoms. The lowest BCUT2D eigenvalue weighted by Crippen LogP contribution is -2.55. The van der Waals surface area contributed by atoms with E-state index in [1.807, 2.05) is 20.8 Å². The summed E-state index contributed by atoms with van der Waals surface area (Å²) in [7, 11) is 0. The van der Waals surface area contributed by atoms with E-state index in [2.05, 4.69) is 19.2 Å². The van der Waals surface area contributed by atoms with Gasteiger partial charge in [0.05, 0.1) is 11.6 Å². The first-order valence-electron chi connectivity index (χ1n) is 8.42. The van der Waals surface area contributed by atoms with Crippen molar-refractivity contribution in [3.8, 4) is 0 Å². The van der Waals surface area contributed by atoms with Gasteiger partial charge in [-0.25, -0.2) is 0 Å². The molecule has 1 aliphatic carbocycles. The number of hydrogen-bond donors (Lipinski definition) is 2. The summed E-state index contributed by atoms with van der Waals surface area (Å²) in [4.78, 5) is 11.7. The van der Waals surface area contributed by atoms with Gasteiger partial charge in [-0.05, 0) is 64.7 Å². The third-order valence-corrected chi connectivity index (χ3v) is 4.46. The lowest BCUT2D eigenvalue weighted by Gasteiger charge is -2.32. The minimum absolute atomic E-state index is 0.239. The van der Waals surface area contributed by atoms with E-state index in [9.17, 15) is 4.79 Å². The summed E-state index contributed by atoms with van der Waals surface area (Å²) in [5, 5.41) is 3.28. The van der Waals surface area contributed by atoms with Crippen LogP contribution in [0.2, 0.25) is 0 Å². The highest BCUT2D eigenvalue weighted by Crippen LogP contribution is 2.30. The summed E-state index contributed by atoms with van der Waals surface area (Å²) < 4.78 is 6.02. The number of ether oxygens (including phenoxy) is 1. The number of amides is 1. The maximum absolute atomic E-state index is 11.7. The molecule has 0 aliphatic heterocycles. The number of primary amides is 1. The Morgan fingerprint density at radius 1 is 1.29 bits per heavy atom. The van der Waals surface area contributed by atoms with Gasteiger partial charge in [-0.15, -0.1) is 0 Å². The van der Waals surface area contributed by atoms with Crippen molar-refractivity contribution < 1.29 is 9.53 Å². The minimum atomic E-state index is -0.634. The van der Waals surface area contributed by atoms with Crippen LogP contribution >= 0.6 is 0 Å². The molecule has 1 saturated carbocycles. The van der Waals surface area contributed by atoms with Crippen molar-refractivity contribution in [2.24, 2.45) is 17.6 Å². The van der Waals surface area contributed by atoms with Crippen molar-refractivity contribution in [2.75, 3.05) is 6.61 Å². The molecular weight excluding hydrogens is 264 g/mol. The molecule has 0 aromatic carbocycles. The Bertz CT molecular complexity index is 323. The summed E-state index contributed by atoms with van der Waals surface area (Å²) in [6.07, 6.45) is 5.62. The van der Waals surface area contributed by atoms with Gasteiger partial charge in [-0.3, -0.25) is 4.79 Å². The van der Waals surface area contributed by atoms with Gasteiger partial charge in [0.15, 0.2) is 0 Å². The van der Waals surface area contributed by atoms with Gasteiger partial charge in [0.25, 0.3) is 0 Å². The molecule has 1 fully saturated rings. The van der Waals surface area contributed by atoms with Crippen LogP contribution in [0, 0.1) is 11.8 Å². The summed E-state index contributed by atoms with van der Waals surface area (Å²) in [6, 6.07) is 0.239. The van der Waals surface area contributed by atoms with Crippen LogP contribution in [0.3, 0.4) is 0 Å². The fraction of sp³-hybridized carbons (Fsp3) is 0.941. The number of rotatable bonds is 8. The van der Waals surface area contributed by atoms with E-state index in [1.165, 1.54) is 19.3 Å². The van der Waals surface area contributed by atoms with Crippen LogP contribution in [0.5, 0.6) is 0 Å². The van der Waals surface area contributed by atoms with Crippen molar-refractivity contribution in [3.63, 3.8) is 0 Å². The van der Waals surface area contributed by atoms with Crippen LogP contribution in [0.15, 0.2) is 0 Å². The molecule has 0 spiro atoms. The molecule has 21 heavy (non-hydrogen) atoms. The average Bonchev–Trinajstić information content (AvgIpc) is 2.32. The zero-order valence-corrected chi connectivity index (χ0v) is 14.4. The normalized spacial score (nSPS) is 29.3. The predicted octanol–water partition coefficient (Wildman–Crippen LogP) is 2.85. The van der Waals surface area contributed by atoms with Crippen molar-refractivity contribution in [3.05, 3.63) is 0 Å². The standard InChI is InChI=1S/C17H34N2O2/c1-12(2)19-17(5,16(18)20)7-6-8-21-15-10-13(3)9-14(4)11-15/h12-15,19H,6-11H2,1-5H3,(H2,18,20). The molecule has 1 aliphatic rings. The van der Waals surface area contributed by atoms with Crippen LogP contribution < -0.4 is 11.1 Å². The second kappa shape index (κ2) is 8.14. The third-order valence-electron chi connectivity index (χ3n) is 4.46. The number of hydrogen-bond acceptors (Lipinski definition) is 3. The molecular formula is C17H34N2O2. The molecule has 4 nitrogen and oxygen atoms in total. The monoisotopic (exact) mass is 298 g/mol. The third kappa shape index (κ3) is 6.35. The first-order chi connectivity index (χ1) is 9.73. The first kappa shape index (κ1) is 18.4.